The summed E-state index contributed by atoms with van der Waals surface area (Å²) in [5.74, 6) is 0. The monoisotopic (exact) mass is 401 g/mol. The second-order valence-corrected chi connectivity index (χ2v) is 7.34. The average Bonchev–Trinajstić information content (AvgIpc) is 2.81. The second-order valence-electron chi connectivity index (χ2n) is 4.79. The largest absolute Gasteiger partial charge is 0.307 e. The van der Waals surface area contributed by atoms with Gasteiger partial charge < -0.3 is 5.32 Å². The van der Waals surface area contributed by atoms with Crippen LogP contribution in [0, 0.1) is 0 Å². The summed E-state index contributed by atoms with van der Waals surface area (Å²) >= 11 is 8.88. The van der Waals surface area contributed by atoms with Crippen molar-refractivity contribution in [1.29, 1.82) is 0 Å². The zero-order valence-corrected chi connectivity index (χ0v) is 15.0. The molecule has 1 aromatic carbocycles. The molecule has 0 spiro atoms. The lowest BCUT2D eigenvalue weighted by molar-refractivity contribution is 0.476. The highest BCUT2D eigenvalue weighted by atomic mass is 79.9. The van der Waals surface area contributed by atoms with Crippen molar-refractivity contribution in [3.8, 4) is 0 Å². The van der Waals surface area contributed by atoms with Crippen molar-refractivity contribution >= 4 is 43.2 Å². The first-order valence-corrected chi connectivity index (χ1v) is 8.81. The maximum atomic E-state index is 3.65. The minimum atomic E-state index is 0.330. The van der Waals surface area contributed by atoms with Crippen molar-refractivity contribution in [2.24, 2.45) is 0 Å². The molecule has 0 fully saturated rings. The van der Waals surface area contributed by atoms with E-state index in [2.05, 4.69) is 86.0 Å². The summed E-state index contributed by atoms with van der Waals surface area (Å²) in [6, 6.07) is 9.32. The lowest BCUT2D eigenvalue weighted by atomic mass is 10.1. The third-order valence-electron chi connectivity index (χ3n) is 3.09. The third kappa shape index (κ3) is 4.42. The van der Waals surface area contributed by atoms with Gasteiger partial charge in [-0.25, -0.2) is 0 Å². The van der Waals surface area contributed by atoms with Crippen molar-refractivity contribution in [2.45, 2.75) is 32.4 Å². The zero-order valence-electron chi connectivity index (χ0n) is 11.0. The fourth-order valence-corrected chi connectivity index (χ4v) is 4.26. The van der Waals surface area contributed by atoms with E-state index in [0.717, 1.165) is 15.4 Å². The first-order chi connectivity index (χ1) is 9.06. The van der Waals surface area contributed by atoms with Crippen LogP contribution in [0.2, 0.25) is 0 Å². The molecule has 2 rings (SSSR count). The first kappa shape index (κ1) is 15.2. The molecule has 0 bridgehead atoms. The molecule has 0 aliphatic heterocycles. The summed E-state index contributed by atoms with van der Waals surface area (Å²) in [6.07, 6.45) is 1.07. The number of hydrogen-bond donors (Lipinski definition) is 1. The molecule has 0 radical (unpaired) electrons. The highest BCUT2D eigenvalue weighted by Gasteiger charge is 2.13. The number of rotatable bonds is 5. The van der Waals surface area contributed by atoms with E-state index in [1.807, 2.05) is 0 Å². The molecule has 0 saturated heterocycles. The van der Waals surface area contributed by atoms with E-state index in [-0.39, 0.29) is 0 Å². The zero-order chi connectivity index (χ0) is 13.8. The number of hydrogen-bond acceptors (Lipinski definition) is 2. The van der Waals surface area contributed by atoms with Gasteiger partial charge in [0.2, 0.25) is 0 Å². The van der Waals surface area contributed by atoms with Crippen LogP contribution >= 0.6 is 43.2 Å². The second kappa shape index (κ2) is 7.02. The molecule has 1 N–H and O–H groups in total. The van der Waals surface area contributed by atoms with Crippen LogP contribution in [-0.2, 0) is 6.42 Å². The number of nitrogens with one attached hydrogen (secondary N) is 1. The first-order valence-electron chi connectivity index (χ1n) is 6.28. The minimum absolute atomic E-state index is 0.330. The van der Waals surface area contributed by atoms with Gasteiger partial charge in [-0.1, -0.05) is 37.9 Å². The predicted octanol–water partition coefficient (Wildman–Crippen LogP) is 5.55. The fourth-order valence-electron chi connectivity index (χ4n) is 2.19. The van der Waals surface area contributed by atoms with Crippen LogP contribution in [0.4, 0.5) is 0 Å². The van der Waals surface area contributed by atoms with Gasteiger partial charge in [0.1, 0.15) is 0 Å². The summed E-state index contributed by atoms with van der Waals surface area (Å²) in [4.78, 5) is 0. The van der Waals surface area contributed by atoms with Gasteiger partial charge in [-0.05, 0) is 60.4 Å². The third-order valence-corrected chi connectivity index (χ3v) is 5.00. The lowest BCUT2D eigenvalue weighted by Gasteiger charge is -2.21. The van der Waals surface area contributed by atoms with E-state index in [4.69, 9.17) is 0 Å². The Labute approximate surface area is 135 Å². The Morgan fingerprint density at radius 1 is 1.21 bits per heavy atom. The predicted molar refractivity (Wildman–Crippen MR) is 90.9 cm³/mol. The molecule has 0 aliphatic rings. The Morgan fingerprint density at radius 2 is 2.00 bits per heavy atom. The summed E-state index contributed by atoms with van der Waals surface area (Å²) in [5, 5.41) is 8.01. The molecule has 1 aromatic heterocycles. The molecule has 2 unspecified atom stereocenters. The number of benzene rings is 1. The highest BCUT2D eigenvalue weighted by Crippen LogP contribution is 2.27. The van der Waals surface area contributed by atoms with E-state index >= 15 is 0 Å². The van der Waals surface area contributed by atoms with Crippen LogP contribution in [0.5, 0.6) is 0 Å². The van der Waals surface area contributed by atoms with Crippen LogP contribution in [0.3, 0.4) is 0 Å². The van der Waals surface area contributed by atoms with Gasteiger partial charge >= 0.3 is 0 Å². The van der Waals surface area contributed by atoms with Gasteiger partial charge in [0.25, 0.3) is 0 Å². The van der Waals surface area contributed by atoms with Crippen molar-refractivity contribution in [2.75, 3.05) is 0 Å². The molecule has 1 heterocycles. The SMILES string of the molecule is CC(Cc1ccsc1)NC(C)c1ccc(Br)cc1Br. The summed E-state index contributed by atoms with van der Waals surface area (Å²) in [5.41, 5.74) is 2.70. The van der Waals surface area contributed by atoms with Crippen LogP contribution < -0.4 is 5.32 Å². The van der Waals surface area contributed by atoms with Crippen LogP contribution in [-0.4, -0.2) is 6.04 Å². The molecule has 2 atom stereocenters. The van der Waals surface area contributed by atoms with Gasteiger partial charge in [0, 0.05) is 21.0 Å². The molecular weight excluding hydrogens is 386 g/mol. The lowest BCUT2D eigenvalue weighted by Crippen LogP contribution is -2.30. The minimum Gasteiger partial charge on any atom is -0.307 e. The molecule has 0 saturated carbocycles. The van der Waals surface area contributed by atoms with E-state index in [1.165, 1.54) is 11.1 Å². The Balaban J connectivity index is 1.98. The van der Waals surface area contributed by atoms with Crippen LogP contribution in [0.1, 0.15) is 31.0 Å². The molecule has 4 heteroatoms. The van der Waals surface area contributed by atoms with Crippen molar-refractivity contribution in [3.05, 3.63) is 55.1 Å². The van der Waals surface area contributed by atoms with E-state index in [0.29, 0.717) is 12.1 Å². The Hall–Kier alpha value is -0.160. The van der Waals surface area contributed by atoms with Gasteiger partial charge in [-0.2, -0.15) is 11.3 Å². The molecule has 102 valence electrons. The van der Waals surface area contributed by atoms with E-state index in [1.54, 1.807) is 11.3 Å². The molecule has 19 heavy (non-hydrogen) atoms. The Kier molecular flexibility index (Phi) is 5.63. The van der Waals surface area contributed by atoms with Crippen molar-refractivity contribution < 1.29 is 0 Å². The number of thiophene rings is 1. The average molecular weight is 403 g/mol. The van der Waals surface area contributed by atoms with E-state index < -0.39 is 0 Å². The number of halogens is 2. The normalized spacial score (nSPS) is 14.3. The molecule has 1 nitrogen and oxygen atoms in total. The van der Waals surface area contributed by atoms with Crippen molar-refractivity contribution in [3.63, 3.8) is 0 Å². The van der Waals surface area contributed by atoms with Crippen LogP contribution in [0.15, 0.2) is 44.0 Å². The highest BCUT2D eigenvalue weighted by molar-refractivity contribution is 9.11. The van der Waals surface area contributed by atoms with Gasteiger partial charge in [0.15, 0.2) is 0 Å². The standard InChI is InChI=1S/C15H17Br2NS/c1-10(7-12-5-6-19-9-12)18-11(2)14-4-3-13(16)8-15(14)17/h3-6,8-11,18H,7H2,1-2H3. The molecule has 0 aliphatic carbocycles. The van der Waals surface area contributed by atoms with E-state index in [9.17, 15) is 0 Å². The topological polar surface area (TPSA) is 12.0 Å². The molecule has 2 aromatic rings. The Bertz CT molecular complexity index is 525. The summed E-state index contributed by atoms with van der Waals surface area (Å²) in [7, 11) is 0. The maximum absolute atomic E-state index is 3.65. The van der Waals surface area contributed by atoms with Gasteiger partial charge in [-0.3, -0.25) is 0 Å². The Morgan fingerprint density at radius 3 is 2.63 bits per heavy atom. The molecular formula is C15H17Br2NS. The maximum Gasteiger partial charge on any atom is 0.0305 e. The van der Waals surface area contributed by atoms with Crippen molar-refractivity contribution in [1.82, 2.24) is 5.32 Å². The van der Waals surface area contributed by atoms with Crippen LogP contribution in [0.25, 0.3) is 0 Å². The fraction of sp³-hybridized carbons (Fsp3) is 0.333. The smallest absolute Gasteiger partial charge is 0.0305 e. The summed E-state index contributed by atoms with van der Waals surface area (Å²) in [6.45, 7) is 4.44. The quantitative estimate of drug-likeness (QED) is 0.690. The van der Waals surface area contributed by atoms with Gasteiger partial charge in [-0.15, -0.1) is 0 Å². The molecule has 0 amide bonds. The summed E-state index contributed by atoms with van der Waals surface area (Å²) < 4.78 is 2.24. The van der Waals surface area contributed by atoms with Gasteiger partial charge in [0.05, 0.1) is 0 Å².